The van der Waals surface area contributed by atoms with Gasteiger partial charge in [-0.1, -0.05) is 45.0 Å². The fraction of sp³-hybridized carbons (Fsp3) is 0.871. The van der Waals surface area contributed by atoms with E-state index in [1.807, 2.05) is 0 Å². The summed E-state index contributed by atoms with van der Waals surface area (Å²) in [4.78, 5) is 13.4. The number of oxime groups is 1. The highest BCUT2D eigenvalue weighted by molar-refractivity contribution is 5.91. The number of fused-ring (bicyclic) bond motifs is 7. The van der Waals surface area contributed by atoms with Gasteiger partial charge in [0.25, 0.3) is 0 Å². The van der Waals surface area contributed by atoms with Gasteiger partial charge >= 0.3 is 5.97 Å². The number of hydrogen-bond acceptors (Lipinski definition) is 5. The van der Waals surface area contributed by atoms with Gasteiger partial charge in [-0.15, -0.1) is 0 Å². The molecule has 36 heavy (non-hydrogen) atoms. The third-order valence-electron chi connectivity index (χ3n) is 13.7. The van der Waals surface area contributed by atoms with Crippen molar-refractivity contribution in [3.63, 3.8) is 0 Å². The molecule has 2 N–H and O–H groups in total. The van der Waals surface area contributed by atoms with Crippen LogP contribution in [0.4, 0.5) is 0 Å². The van der Waals surface area contributed by atoms with Crippen LogP contribution in [0.15, 0.2) is 17.3 Å². The lowest BCUT2D eigenvalue weighted by atomic mass is 9.32. The summed E-state index contributed by atoms with van der Waals surface area (Å²) in [6.45, 7) is 16.4. The Balaban J connectivity index is 1.56. The summed E-state index contributed by atoms with van der Waals surface area (Å²) in [5, 5.41) is 24.0. The van der Waals surface area contributed by atoms with Gasteiger partial charge in [-0.2, -0.15) is 0 Å². The fourth-order valence-electron chi connectivity index (χ4n) is 11.7. The largest absolute Gasteiger partial charge is 0.469 e. The first-order valence-corrected chi connectivity index (χ1v) is 14.5. The molecule has 5 fully saturated rings. The number of methoxy groups -OCH3 is 1. The second-order valence-electron chi connectivity index (χ2n) is 14.5. The summed E-state index contributed by atoms with van der Waals surface area (Å²) < 4.78 is 5.49. The summed E-state index contributed by atoms with van der Waals surface area (Å²) in [5.41, 5.74) is 1.66. The van der Waals surface area contributed by atoms with Gasteiger partial charge in [0.1, 0.15) is 0 Å². The van der Waals surface area contributed by atoms with Crippen LogP contribution >= 0.6 is 0 Å². The summed E-state index contributed by atoms with van der Waals surface area (Å²) in [6, 6.07) is 0. The minimum Gasteiger partial charge on any atom is -0.469 e. The molecular weight excluding hydrogens is 450 g/mol. The molecule has 0 aliphatic heterocycles. The van der Waals surface area contributed by atoms with E-state index < -0.39 is 5.41 Å². The number of carbonyl (C=O) groups is 1. The predicted octanol–water partition coefficient (Wildman–Crippen LogP) is 6.62. The molecule has 0 bridgehead atoms. The van der Waals surface area contributed by atoms with Gasteiger partial charge in [0.15, 0.2) is 0 Å². The van der Waals surface area contributed by atoms with E-state index in [1.54, 1.807) is 7.11 Å². The van der Waals surface area contributed by atoms with E-state index in [2.05, 4.69) is 46.4 Å². The molecule has 202 valence electrons. The molecule has 5 saturated carbocycles. The zero-order valence-corrected chi connectivity index (χ0v) is 23.5. The summed E-state index contributed by atoms with van der Waals surface area (Å²) in [7, 11) is 1.57. The Morgan fingerprint density at radius 2 is 1.72 bits per heavy atom. The molecule has 5 aliphatic carbocycles. The van der Waals surface area contributed by atoms with Crippen LogP contribution in [0.2, 0.25) is 0 Å². The van der Waals surface area contributed by atoms with Crippen molar-refractivity contribution in [1.29, 1.82) is 0 Å². The van der Waals surface area contributed by atoms with Crippen LogP contribution in [0.5, 0.6) is 0 Å². The molecule has 10 atom stereocenters. The Morgan fingerprint density at radius 1 is 1.00 bits per heavy atom. The van der Waals surface area contributed by atoms with Crippen LogP contribution in [0.3, 0.4) is 0 Å². The Bertz CT molecular complexity index is 976. The van der Waals surface area contributed by atoms with Crippen LogP contribution in [0.25, 0.3) is 0 Å². The lowest BCUT2D eigenvalue weighted by Crippen LogP contribution is -2.67. The van der Waals surface area contributed by atoms with E-state index in [0.717, 1.165) is 63.5 Å². The SMILES string of the molecule is C=C(C)[C@@H]1CC[C@]2(C(=O)OC)CC[C@]3(C)C(CC[C@@H]4[C@@]5(C)CC/C(=N\O)[C@@](C)(CO)[C@@H]5CC[C@]43C)[C@@H]12. The standard InChI is InChI=1S/C31H49NO4/c1-19(2)20-10-15-31(26(34)36-7)17-16-29(5)21(25(20)31)8-9-23-27(3)13-12-24(32-35)28(4,18-33)22(27)11-14-30(23,29)6/h20-23,25,33,35H,1,8-18H2,2-7H3/b32-24+/t20-,21?,22+,23+,25+,27-,28-,29+,30+,31-/m0/s1. The fourth-order valence-corrected chi connectivity index (χ4v) is 11.7. The number of rotatable bonds is 3. The predicted molar refractivity (Wildman–Crippen MR) is 142 cm³/mol. The lowest BCUT2D eigenvalue weighted by Gasteiger charge is -2.72. The maximum atomic E-state index is 13.4. The van der Waals surface area contributed by atoms with E-state index in [-0.39, 0.29) is 34.2 Å². The quantitative estimate of drug-likeness (QED) is 0.198. The van der Waals surface area contributed by atoms with Gasteiger partial charge < -0.3 is 15.1 Å². The highest BCUT2D eigenvalue weighted by Crippen LogP contribution is 2.77. The van der Waals surface area contributed by atoms with Gasteiger partial charge in [0.2, 0.25) is 0 Å². The molecule has 0 aromatic rings. The number of nitrogens with zero attached hydrogens (tertiary/aromatic N) is 1. The zero-order chi connectivity index (χ0) is 26.3. The highest BCUT2D eigenvalue weighted by Gasteiger charge is 2.72. The Hall–Kier alpha value is -1.36. The Morgan fingerprint density at radius 3 is 2.33 bits per heavy atom. The average Bonchev–Trinajstić information content (AvgIpc) is 3.25. The van der Waals surface area contributed by atoms with Crippen molar-refractivity contribution < 1.29 is 19.8 Å². The molecule has 5 heteroatoms. The van der Waals surface area contributed by atoms with Crippen molar-refractivity contribution >= 4 is 11.7 Å². The normalized spacial score (nSPS) is 53.1. The first-order valence-electron chi connectivity index (χ1n) is 14.5. The number of carbonyl (C=O) groups excluding carboxylic acids is 1. The van der Waals surface area contributed by atoms with Gasteiger partial charge in [-0.25, -0.2) is 0 Å². The topological polar surface area (TPSA) is 79.1 Å². The number of ether oxygens (including phenoxy) is 1. The first kappa shape index (κ1) is 26.3. The molecule has 0 amide bonds. The van der Waals surface area contributed by atoms with Crippen molar-refractivity contribution in [3.8, 4) is 0 Å². The van der Waals surface area contributed by atoms with Crippen molar-refractivity contribution in [3.05, 3.63) is 12.2 Å². The van der Waals surface area contributed by atoms with Gasteiger partial charge in [0.05, 0.1) is 24.8 Å². The summed E-state index contributed by atoms with van der Waals surface area (Å²) in [5.74, 6) is 2.12. The summed E-state index contributed by atoms with van der Waals surface area (Å²) >= 11 is 0. The maximum Gasteiger partial charge on any atom is 0.312 e. The van der Waals surface area contributed by atoms with Crippen molar-refractivity contribution in [2.45, 2.75) is 98.8 Å². The second kappa shape index (κ2) is 8.32. The highest BCUT2D eigenvalue weighted by atomic mass is 16.5. The van der Waals surface area contributed by atoms with Crippen molar-refractivity contribution in [2.24, 2.45) is 61.8 Å². The molecule has 0 spiro atoms. The van der Waals surface area contributed by atoms with Crippen LogP contribution in [-0.2, 0) is 9.53 Å². The molecule has 0 radical (unpaired) electrons. The van der Waals surface area contributed by atoms with E-state index in [4.69, 9.17) is 4.74 Å². The number of allylic oxidation sites excluding steroid dienone is 1. The molecule has 5 nitrogen and oxygen atoms in total. The van der Waals surface area contributed by atoms with Crippen LogP contribution < -0.4 is 0 Å². The monoisotopic (exact) mass is 499 g/mol. The summed E-state index contributed by atoms with van der Waals surface area (Å²) in [6.07, 6.45) is 10.3. The maximum absolute atomic E-state index is 13.4. The van der Waals surface area contributed by atoms with E-state index in [9.17, 15) is 15.1 Å². The zero-order valence-electron chi connectivity index (χ0n) is 23.5. The number of aliphatic hydroxyl groups excluding tert-OH is 1. The number of aliphatic hydroxyl groups is 1. The minimum atomic E-state index is -0.454. The van der Waals surface area contributed by atoms with Crippen molar-refractivity contribution in [2.75, 3.05) is 13.7 Å². The lowest BCUT2D eigenvalue weighted by molar-refractivity contribution is -0.232. The third-order valence-corrected chi connectivity index (χ3v) is 13.7. The molecule has 0 aromatic carbocycles. The van der Waals surface area contributed by atoms with E-state index >= 15 is 0 Å². The van der Waals surface area contributed by atoms with Gasteiger partial charge in [0, 0.05) is 5.41 Å². The van der Waals surface area contributed by atoms with E-state index in [0.29, 0.717) is 29.6 Å². The molecule has 0 heterocycles. The smallest absolute Gasteiger partial charge is 0.312 e. The third kappa shape index (κ3) is 2.98. The van der Waals surface area contributed by atoms with Crippen molar-refractivity contribution in [1.82, 2.24) is 0 Å². The minimum absolute atomic E-state index is 0.0167. The molecule has 0 aromatic heterocycles. The van der Waals surface area contributed by atoms with E-state index in [1.165, 1.54) is 12.0 Å². The molecule has 5 rings (SSSR count). The Labute approximate surface area is 218 Å². The van der Waals surface area contributed by atoms with Crippen LogP contribution in [0.1, 0.15) is 98.8 Å². The second-order valence-corrected chi connectivity index (χ2v) is 14.5. The molecule has 1 unspecified atom stereocenters. The Kier molecular flexibility index (Phi) is 6.07. The first-order chi connectivity index (χ1) is 16.9. The number of esters is 1. The molecule has 5 aliphatic rings. The average molecular weight is 500 g/mol. The molecular formula is C31H49NO4. The number of hydrogen-bond donors (Lipinski definition) is 2. The van der Waals surface area contributed by atoms with Crippen LogP contribution in [-0.4, -0.2) is 35.7 Å². The van der Waals surface area contributed by atoms with Gasteiger partial charge in [-0.3, -0.25) is 4.79 Å². The van der Waals surface area contributed by atoms with Crippen LogP contribution in [0, 0.1) is 56.7 Å². The molecule has 0 saturated heterocycles. The van der Waals surface area contributed by atoms with Gasteiger partial charge in [-0.05, 0) is 117 Å².